The zero-order valence-corrected chi connectivity index (χ0v) is 10.2. The molecule has 0 unspecified atom stereocenters. The SMILES string of the molecule is NCc1ccc(S(=O)(=O)NCc2ccncn2)o1. The highest BCUT2D eigenvalue weighted by Gasteiger charge is 2.18. The molecule has 0 saturated heterocycles. The molecular weight excluding hydrogens is 256 g/mol. The third kappa shape index (κ3) is 2.92. The van der Waals surface area contributed by atoms with Gasteiger partial charge >= 0.3 is 0 Å². The zero-order chi connectivity index (χ0) is 13.0. The molecule has 0 spiro atoms. The maximum atomic E-state index is 11.8. The van der Waals surface area contributed by atoms with E-state index in [0.717, 1.165) is 0 Å². The minimum Gasteiger partial charge on any atom is -0.447 e. The Bertz CT molecular complexity index is 609. The van der Waals surface area contributed by atoms with Gasteiger partial charge in [-0.15, -0.1) is 0 Å². The molecule has 0 aliphatic rings. The van der Waals surface area contributed by atoms with E-state index in [1.807, 2.05) is 0 Å². The van der Waals surface area contributed by atoms with Gasteiger partial charge in [0, 0.05) is 6.20 Å². The zero-order valence-electron chi connectivity index (χ0n) is 9.41. The topological polar surface area (TPSA) is 111 Å². The number of sulfonamides is 1. The van der Waals surface area contributed by atoms with E-state index in [4.69, 9.17) is 10.2 Å². The first-order valence-electron chi connectivity index (χ1n) is 5.15. The Morgan fingerprint density at radius 2 is 2.17 bits per heavy atom. The molecule has 0 radical (unpaired) electrons. The summed E-state index contributed by atoms with van der Waals surface area (Å²) >= 11 is 0. The van der Waals surface area contributed by atoms with Gasteiger partial charge in [0.2, 0.25) is 5.09 Å². The van der Waals surface area contributed by atoms with Crippen molar-refractivity contribution in [2.75, 3.05) is 0 Å². The van der Waals surface area contributed by atoms with E-state index in [0.29, 0.717) is 11.5 Å². The highest BCUT2D eigenvalue weighted by atomic mass is 32.2. The third-order valence-electron chi connectivity index (χ3n) is 2.19. The molecule has 0 fully saturated rings. The van der Waals surface area contributed by atoms with Crippen LogP contribution in [0.4, 0.5) is 0 Å². The smallest absolute Gasteiger partial charge is 0.274 e. The average Bonchev–Trinajstić information content (AvgIpc) is 2.87. The summed E-state index contributed by atoms with van der Waals surface area (Å²) in [7, 11) is -3.68. The fourth-order valence-electron chi connectivity index (χ4n) is 1.28. The van der Waals surface area contributed by atoms with Crippen molar-refractivity contribution < 1.29 is 12.8 Å². The van der Waals surface area contributed by atoms with Crippen LogP contribution in [0, 0.1) is 0 Å². The number of hydrogen-bond acceptors (Lipinski definition) is 6. The molecule has 8 heteroatoms. The number of rotatable bonds is 5. The predicted octanol–water partition coefficient (Wildman–Crippen LogP) is 0.00680. The highest BCUT2D eigenvalue weighted by Crippen LogP contribution is 2.13. The first kappa shape index (κ1) is 12.7. The summed E-state index contributed by atoms with van der Waals surface area (Å²) in [6.45, 7) is 0.227. The Balaban J connectivity index is 2.08. The minimum atomic E-state index is -3.68. The second kappa shape index (κ2) is 5.25. The molecule has 18 heavy (non-hydrogen) atoms. The van der Waals surface area contributed by atoms with Crippen LogP contribution in [0.1, 0.15) is 11.5 Å². The van der Waals surface area contributed by atoms with Crippen molar-refractivity contribution in [2.24, 2.45) is 5.73 Å². The summed E-state index contributed by atoms with van der Waals surface area (Å²) in [6.07, 6.45) is 2.89. The molecular formula is C10H12N4O3S. The van der Waals surface area contributed by atoms with Gasteiger partial charge in [-0.05, 0) is 18.2 Å². The van der Waals surface area contributed by atoms with Crippen LogP contribution in [0.25, 0.3) is 0 Å². The Kier molecular flexibility index (Phi) is 3.70. The minimum absolute atomic E-state index is 0.0729. The lowest BCUT2D eigenvalue weighted by Crippen LogP contribution is -2.23. The molecule has 0 atom stereocenters. The van der Waals surface area contributed by atoms with Gasteiger partial charge in [-0.2, -0.15) is 0 Å². The van der Waals surface area contributed by atoms with Crippen molar-refractivity contribution >= 4 is 10.0 Å². The number of furan rings is 1. The van der Waals surface area contributed by atoms with Crippen LogP contribution in [-0.4, -0.2) is 18.4 Å². The second-order valence-corrected chi connectivity index (χ2v) is 5.15. The Labute approximate surface area is 104 Å². The Morgan fingerprint density at radius 3 is 2.78 bits per heavy atom. The van der Waals surface area contributed by atoms with Gasteiger partial charge in [0.25, 0.3) is 10.0 Å². The molecule has 2 rings (SSSR count). The summed E-state index contributed by atoms with van der Waals surface area (Å²) in [6, 6.07) is 4.51. The molecule has 7 nitrogen and oxygen atoms in total. The van der Waals surface area contributed by atoms with Crippen LogP contribution < -0.4 is 10.5 Å². The maximum Gasteiger partial charge on any atom is 0.274 e. The molecule has 96 valence electrons. The van der Waals surface area contributed by atoms with Gasteiger partial charge in [0.05, 0.1) is 18.8 Å². The number of nitrogens with two attached hydrogens (primary N) is 1. The van der Waals surface area contributed by atoms with E-state index in [-0.39, 0.29) is 18.2 Å². The fraction of sp³-hybridized carbons (Fsp3) is 0.200. The standard InChI is InChI=1S/C10H12N4O3S/c11-5-9-1-2-10(17-9)18(15,16)14-6-8-3-4-12-7-13-8/h1-4,7,14H,5-6,11H2. The summed E-state index contributed by atoms with van der Waals surface area (Å²) < 4.78 is 31.1. The fourth-order valence-corrected chi connectivity index (χ4v) is 2.22. The van der Waals surface area contributed by atoms with Gasteiger partial charge in [0.1, 0.15) is 12.1 Å². The summed E-state index contributed by atoms with van der Waals surface area (Å²) in [5.41, 5.74) is 5.91. The van der Waals surface area contributed by atoms with Crippen molar-refractivity contribution in [1.29, 1.82) is 0 Å². The van der Waals surface area contributed by atoms with Crippen LogP contribution in [0.15, 0.2) is 40.2 Å². The van der Waals surface area contributed by atoms with Crippen molar-refractivity contribution in [2.45, 2.75) is 18.2 Å². The van der Waals surface area contributed by atoms with Gasteiger partial charge in [0.15, 0.2) is 0 Å². The van der Waals surface area contributed by atoms with Crippen molar-refractivity contribution in [3.63, 3.8) is 0 Å². The third-order valence-corrected chi connectivity index (χ3v) is 3.46. The lowest BCUT2D eigenvalue weighted by atomic mass is 10.4. The van der Waals surface area contributed by atoms with E-state index >= 15 is 0 Å². The van der Waals surface area contributed by atoms with Crippen LogP contribution >= 0.6 is 0 Å². The van der Waals surface area contributed by atoms with E-state index in [9.17, 15) is 8.42 Å². The summed E-state index contributed by atoms with van der Waals surface area (Å²) in [4.78, 5) is 7.65. The molecule has 3 N–H and O–H groups in total. The quantitative estimate of drug-likeness (QED) is 0.790. The number of nitrogens with one attached hydrogen (secondary N) is 1. The van der Waals surface area contributed by atoms with E-state index in [2.05, 4.69) is 14.7 Å². The Morgan fingerprint density at radius 1 is 1.33 bits per heavy atom. The first-order valence-corrected chi connectivity index (χ1v) is 6.63. The summed E-state index contributed by atoms with van der Waals surface area (Å²) in [5, 5.41) is -0.156. The number of hydrogen-bond donors (Lipinski definition) is 2. The van der Waals surface area contributed by atoms with Gasteiger partial charge in [-0.3, -0.25) is 0 Å². The van der Waals surface area contributed by atoms with Crippen molar-refractivity contribution in [1.82, 2.24) is 14.7 Å². The predicted molar refractivity (Wildman–Crippen MR) is 62.7 cm³/mol. The molecule has 0 aliphatic carbocycles. The highest BCUT2D eigenvalue weighted by molar-refractivity contribution is 7.89. The van der Waals surface area contributed by atoms with Crippen LogP contribution in [0.5, 0.6) is 0 Å². The number of aromatic nitrogens is 2. The Hall–Kier alpha value is -1.77. The lowest BCUT2D eigenvalue weighted by molar-refractivity contribution is 0.412. The molecule has 2 heterocycles. The number of nitrogens with zero attached hydrogens (tertiary/aromatic N) is 2. The van der Waals surface area contributed by atoms with E-state index in [1.54, 1.807) is 6.07 Å². The van der Waals surface area contributed by atoms with Crippen LogP contribution in [0.2, 0.25) is 0 Å². The van der Waals surface area contributed by atoms with Gasteiger partial charge < -0.3 is 10.2 Å². The maximum absolute atomic E-state index is 11.8. The van der Waals surface area contributed by atoms with Crippen molar-refractivity contribution in [3.8, 4) is 0 Å². The first-order chi connectivity index (χ1) is 8.62. The second-order valence-electron chi connectivity index (χ2n) is 3.45. The van der Waals surface area contributed by atoms with E-state index < -0.39 is 10.0 Å². The molecule has 0 bridgehead atoms. The molecule has 2 aromatic heterocycles. The normalized spacial score (nSPS) is 11.6. The summed E-state index contributed by atoms with van der Waals surface area (Å²) in [5.74, 6) is 0.414. The average molecular weight is 268 g/mol. The van der Waals surface area contributed by atoms with Gasteiger partial charge in [-0.25, -0.2) is 23.1 Å². The molecule has 2 aromatic rings. The molecule has 0 amide bonds. The monoisotopic (exact) mass is 268 g/mol. The van der Waals surface area contributed by atoms with E-state index in [1.165, 1.54) is 24.7 Å². The van der Waals surface area contributed by atoms with Crippen LogP contribution in [-0.2, 0) is 23.1 Å². The molecule has 0 aromatic carbocycles. The van der Waals surface area contributed by atoms with Crippen molar-refractivity contribution in [3.05, 3.63) is 42.2 Å². The lowest BCUT2D eigenvalue weighted by Gasteiger charge is -2.03. The van der Waals surface area contributed by atoms with Gasteiger partial charge in [-0.1, -0.05) is 0 Å². The largest absolute Gasteiger partial charge is 0.447 e. The molecule has 0 saturated carbocycles. The molecule has 0 aliphatic heterocycles. The van der Waals surface area contributed by atoms with Crippen LogP contribution in [0.3, 0.4) is 0 Å².